The molecule has 1 heteroatoms. The second-order valence-corrected chi connectivity index (χ2v) is 4.88. The number of carbonyl (C=O) groups is 1. The van der Waals surface area contributed by atoms with E-state index in [0.29, 0.717) is 6.42 Å². The van der Waals surface area contributed by atoms with Crippen LogP contribution in [0, 0.1) is 0 Å². The van der Waals surface area contributed by atoms with Crippen LogP contribution in [0.4, 0.5) is 0 Å². The topological polar surface area (TPSA) is 17.1 Å². The number of allylic oxidation sites excluding steroid dienone is 2. The Morgan fingerprint density at radius 1 is 0.750 bits per heavy atom. The minimum absolute atomic E-state index is 0.210. The SMILES string of the molecule is CC.CC.O=C(/C=C/CCc1ccccc1)CCc1ccccc1. The second kappa shape index (κ2) is 15.7. The number of ketones is 1. The lowest BCUT2D eigenvalue weighted by molar-refractivity contribution is -0.114. The number of hydrogen-bond donors (Lipinski definition) is 0. The Bertz CT molecular complexity index is 541. The molecule has 0 aromatic heterocycles. The van der Waals surface area contributed by atoms with Crippen LogP contribution in [0.5, 0.6) is 0 Å². The summed E-state index contributed by atoms with van der Waals surface area (Å²) < 4.78 is 0. The summed E-state index contributed by atoms with van der Waals surface area (Å²) in [6.07, 6.45) is 7.03. The van der Waals surface area contributed by atoms with E-state index in [-0.39, 0.29) is 5.78 Å². The van der Waals surface area contributed by atoms with Gasteiger partial charge in [0.25, 0.3) is 0 Å². The molecule has 2 rings (SSSR count). The maximum Gasteiger partial charge on any atom is 0.155 e. The van der Waals surface area contributed by atoms with E-state index >= 15 is 0 Å². The van der Waals surface area contributed by atoms with Crippen LogP contribution in [0.2, 0.25) is 0 Å². The van der Waals surface area contributed by atoms with Gasteiger partial charge in [0.05, 0.1) is 0 Å². The van der Waals surface area contributed by atoms with Crippen LogP contribution in [0.1, 0.15) is 51.7 Å². The van der Waals surface area contributed by atoms with Crippen molar-refractivity contribution in [3.63, 3.8) is 0 Å². The number of rotatable bonds is 7. The third-order valence-electron chi connectivity index (χ3n) is 3.25. The molecule has 130 valence electrons. The summed E-state index contributed by atoms with van der Waals surface area (Å²) in [6, 6.07) is 20.5. The van der Waals surface area contributed by atoms with Gasteiger partial charge < -0.3 is 0 Å². The Balaban J connectivity index is 0.00000123. The highest BCUT2D eigenvalue weighted by molar-refractivity contribution is 5.89. The van der Waals surface area contributed by atoms with Gasteiger partial charge >= 0.3 is 0 Å². The average molecular weight is 325 g/mol. The molecule has 0 bridgehead atoms. The highest BCUT2D eigenvalue weighted by atomic mass is 16.1. The van der Waals surface area contributed by atoms with Crippen LogP contribution in [-0.4, -0.2) is 5.78 Å². The van der Waals surface area contributed by atoms with Crippen molar-refractivity contribution < 1.29 is 4.79 Å². The van der Waals surface area contributed by atoms with Crippen molar-refractivity contribution in [1.82, 2.24) is 0 Å². The first-order valence-corrected chi connectivity index (χ1v) is 9.12. The van der Waals surface area contributed by atoms with Crippen molar-refractivity contribution >= 4 is 5.78 Å². The molecular weight excluding hydrogens is 292 g/mol. The van der Waals surface area contributed by atoms with Crippen molar-refractivity contribution in [1.29, 1.82) is 0 Å². The van der Waals surface area contributed by atoms with E-state index in [9.17, 15) is 4.79 Å². The first-order chi connectivity index (χ1) is 11.8. The van der Waals surface area contributed by atoms with Gasteiger partial charge in [-0.15, -0.1) is 0 Å². The maximum atomic E-state index is 11.7. The first kappa shape index (κ1) is 21.9. The molecule has 0 saturated heterocycles. The van der Waals surface area contributed by atoms with Gasteiger partial charge in [-0.3, -0.25) is 4.79 Å². The van der Waals surface area contributed by atoms with Gasteiger partial charge in [-0.25, -0.2) is 0 Å². The molecule has 0 amide bonds. The summed E-state index contributed by atoms with van der Waals surface area (Å²) in [5.74, 6) is 0.210. The molecule has 0 aliphatic rings. The molecule has 2 aromatic carbocycles. The Kier molecular flexibility index (Phi) is 14.3. The largest absolute Gasteiger partial charge is 0.295 e. The molecule has 0 spiro atoms. The monoisotopic (exact) mass is 324 g/mol. The molecule has 0 radical (unpaired) electrons. The fraction of sp³-hybridized carbons (Fsp3) is 0.348. The number of carbonyl (C=O) groups excluding carboxylic acids is 1. The normalized spacial score (nSPS) is 9.50. The highest BCUT2D eigenvalue weighted by Crippen LogP contribution is 2.05. The molecule has 0 heterocycles. The Morgan fingerprint density at radius 2 is 1.21 bits per heavy atom. The number of hydrogen-bond acceptors (Lipinski definition) is 1. The predicted octanol–water partition coefficient (Wildman–Crippen LogP) is 6.43. The van der Waals surface area contributed by atoms with E-state index < -0.39 is 0 Å². The molecule has 0 unspecified atom stereocenters. The van der Waals surface area contributed by atoms with Gasteiger partial charge in [0.1, 0.15) is 0 Å². The minimum Gasteiger partial charge on any atom is -0.295 e. The zero-order valence-corrected chi connectivity index (χ0v) is 15.7. The van der Waals surface area contributed by atoms with E-state index in [0.717, 1.165) is 19.3 Å². The third-order valence-corrected chi connectivity index (χ3v) is 3.25. The summed E-state index contributed by atoms with van der Waals surface area (Å²) in [6.45, 7) is 8.00. The smallest absolute Gasteiger partial charge is 0.155 e. The number of aryl methyl sites for hydroxylation is 2. The molecule has 1 nitrogen and oxygen atoms in total. The molecular formula is C23H32O. The minimum atomic E-state index is 0.210. The van der Waals surface area contributed by atoms with E-state index in [1.165, 1.54) is 11.1 Å². The molecule has 0 saturated carbocycles. The van der Waals surface area contributed by atoms with Crippen molar-refractivity contribution in [2.45, 2.75) is 53.4 Å². The average Bonchev–Trinajstić information content (AvgIpc) is 2.68. The van der Waals surface area contributed by atoms with Crippen LogP contribution in [-0.2, 0) is 17.6 Å². The van der Waals surface area contributed by atoms with Crippen molar-refractivity contribution in [3.8, 4) is 0 Å². The molecule has 0 aliphatic carbocycles. The van der Waals surface area contributed by atoms with Crippen molar-refractivity contribution in [2.75, 3.05) is 0 Å². The van der Waals surface area contributed by atoms with Crippen LogP contribution in [0.15, 0.2) is 72.8 Å². The van der Waals surface area contributed by atoms with Crippen LogP contribution < -0.4 is 0 Å². The van der Waals surface area contributed by atoms with E-state index in [1.807, 2.05) is 70.2 Å². The quantitative estimate of drug-likeness (QED) is 0.536. The van der Waals surface area contributed by atoms with Gasteiger partial charge in [-0.05, 0) is 36.5 Å². The van der Waals surface area contributed by atoms with Crippen LogP contribution in [0.25, 0.3) is 0 Å². The molecule has 0 N–H and O–H groups in total. The van der Waals surface area contributed by atoms with Gasteiger partial charge in [0.2, 0.25) is 0 Å². The first-order valence-electron chi connectivity index (χ1n) is 9.12. The Hall–Kier alpha value is -2.15. The summed E-state index contributed by atoms with van der Waals surface area (Å²) >= 11 is 0. The van der Waals surface area contributed by atoms with Gasteiger partial charge in [0.15, 0.2) is 5.78 Å². The van der Waals surface area contributed by atoms with Gasteiger partial charge in [0, 0.05) is 6.42 Å². The summed E-state index contributed by atoms with van der Waals surface area (Å²) in [5.41, 5.74) is 2.53. The van der Waals surface area contributed by atoms with Gasteiger partial charge in [-0.2, -0.15) is 0 Å². The predicted molar refractivity (Wildman–Crippen MR) is 106 cm³/mol. The zero-order valence-electron chi connectivity index (χ0n) is 15.7. The third kappa shape index (κ3) is 10.6. The fourth-order valence-electron chi connectivity index (χ4n) is 2.11. The lowest BCUT2D eigenvalue weighted by Crippen LogP contribution is -1.96. The lowest BCUT2D eigenvalue weighted by atomic mass is 10.1. The van der Waals surface area contributed by atoms with E-state index in [1.54, 1.807) is 6.08 Å². The maximum absolute atomic E-state index is 11.7. The van der Waals surface area contributed by atoms with E-state index in [2.05, 4.69) is 24.3 Å². The number of benzene rings is 2. The highest BCUT2D eigenvalue weighted by Gasteiger charge is 1.98. The Morgan fingerprint density at radius 3 is 1.71 bits per heavy atom. The summed E-state index contributed by atoms with van der Waals surface area (Å²) in [4.78, 5) is 11.7. The van der Waals surface area contributed by atoms with Crippen LogP contribution >= 0.6 is 0 Å². The fourth-order valence-corrected chi connectivity index (χ4v) is 2.11. The van der Waals surface area contributed by atoms with Crippen molar-refractivity contribution in [3.05, 3.63) is 83.9 Å². The second-order valence-electron chi connectivity index (χ2n) is 4.88. The molecule has 2 aromatic rings. The molecule has 0 atom stereocenters. The lowest BCUT2D eigenvalue weighted by Gasteiger charge is -1.98. The van der Waals surface area contributed by atoms with Crippen LogP contribution in [0.3, 0.4) is 0 Å². The summed E-state index contributed by atoms with van der Waals surface area (Å²) in [5, 5.41) is 0. The zero-order chi connectivity index (χ0) is 18.0. The van der Waals surface area contributed by atoms with Crippen molar-refractivity contribution in [2.24, 2.45) is 0 Å². The van der Waals surface area contributed by atoms with Gasteiger partial charge in [-0.1, -0.05) is 94.4 Å². The molecule has 0 fully saturated rings. The standard InChI is InChI=1S/C19H20O.2C2H6/c20-19(16-15-18-11-5-2-6-12-18)14-8-7-13-17-9-3-1-4-10-17;2*1-2/h1-6,8-12,14H,7,13,15-16H2;2*1-2H3/b14-8+;;. The molecule has 24 heavy (non-hydrogen) atoms. The molecule has 0 aliphatic heterocycles. The summed E-state index contributed by atoms with van der Waals surface area (Å²) in [7, 11) is 0. The van der Waals surface area contributed by atoms with E-state index in [4.69, 9.17) is 0 Å². The Labute approximate surface area is 148 Å².